The molecular formula is C16H22N2O2. The Morgan fingerprint density at radius 3 is 2.85 bits per heavy atom. The van der Waals surface area contributed by atoms with E-state index < -0.39 is 0 Å². The summed E-state index contributed by atoms with van der Waals surface area (Å²) < 4.78 is 11.3. The van der Waals surface area contributed by atoms with E-state index in [0.717, 1.165) is 12.0 Å². The number of benzene rings is 1. The molecule has 1 aliphatic carbocycles. The van der Waals surface area contributed by atoms with Gasteiger partial charge in [0.15, 0.2) is 0 Å². The highest BCUT2D eigenvalue weighted by molar-refractivity contribution is 5.45. The van der Waals surface area contributed by atoms with Gasteiger partial charge in [-0.2, -0.15) is 5.26 Å². The lowest BCUT2D eigenvalue weighted by molar-refractivity contribution is -0.00366. The van der Waals surface area contributed by atoms with E-state index in [9.17, 15) is 0 Å². The Balaban J connectivity index is 1.98. The van der Waals surface area contributed by atoms with Crippen LogP contribution in [0.1, 0.15) is 36.8 Å². The van der Waals surface area contributed by atoms with Gasteiger partial charge in [0.1, 0.15) is 11.8 Å². The van der Waals surface area contributed by atoms with Crippen molar-refractivity contribution in [1.29, 1.82) is 5.26 Å². The van der Waals surface area contributed by atoms with Crippen LogP contribution in [0.25, 0.3) is 0 Å². The number of nitriles is 1. The third kappa shape index (κ3) is 3.50. The molecule has 2 atom stereocenters. The second-order valence-electron chi connectivity index (χ2n) is 5.18. The first-order chi connectivity index (χ1) is 9.78. The Morgan fingerprint density at radius 2 is 2.15 bits per heavy atom. The number of hydrogen-bond donors (Lipinski definition) is 1. The molecule has 1 aromatic rings. The molecule has 0 heterocycles. The van der Waals surface area contributed by atoms with Crippen LogP contribution in [-0.2, 0) is 11.3 Å². The molecule has 1 aromatic carbocycles. The standard InChI is InChI=1S/C16H22N2O2/c1-18-14-5-3-4-6-15(14)20-11-12-7-8-13(10-17)16(9-12)19-2/h7-9,14-15,18H,3-6,11H2,1-2H3. The molecule has 4 heteroatoms. The quantitative estimate of drug-likeness (QED) is 0.896. The van der Waals surface area contributed by atoms with Crippen molar-refractivity contribution >= 4 is 0 Å². The Hall–Kier alpha value is -1.57. The van der Waals surface area contributed by atoms with Crippen molar-refractivity contribution in [2.45, 2.75) is 44.4 Å². The molecule has 0 radical (unpaired) electrons. The number of rotatable bonds is 5. The number of methoxy groups -OCH3 is 1. The minimum atomic E-state index is 0.274. The molecule has 108 valence electrons. The van der Waals surface area contributed by atoms with E-state index in [2.05, 4.69) is 11.4 Å². The molecule has 20 heavy (non-hydrogen) atoms. The lowest BCUT2D eigenvalue weighted by Crippen LogP contribution is -2.41. The molecule has 1 saturated carbocycles. The predicted molar refractivity (Wildman–Crippen MR) is 77.6 cm³/mol. The number of ether oxygens (including phenoxy) is 2. The lowest BCUT2D eigenvalue weighted by Gasteiger charge is -2.31. The molecule has 0 aromatic heterocycles. The molecule has 1 N–H and O–H groups in total. The van der Waals surface area contributed by atoms with Crippen molar-refractivity contribution in [2.75, 3.05) is 14.2 Å². The molecule has 0 saturated heterocycles. The van der Waals surface area contributed by atoms with Crippen LogP contribution in [0.5, 0.6) is 5.75 Å². The fourth-order valence-electron chi connectivity index (χ4n) is 2.75. The second-order valence-corrected chi connectivity index (χ2v) is 5.18. The summed E-state index contributed by atoms with van der Waals surface area (Å²) in [6.45, 7) is 0.560. The Morgan fingerprint density at radius 1 is 1.35 bits per heavy atom. The number of nitrogens with zero attached hydrogens (tertiary/aromatic N) is 1. The summed E-state index contributed by atoms with van der Waals surface area (Å²) in [5.41, 5.74) is 1.60. The van der Waals surface area contributed by atoms with Gasteiger partial charge in [0.2, 0.25) is 0 Å². The average Bonchev–Trinajstić information content (AvgIpc) is 2.52. The zero-order valence-electron chi connectivity index (χ0n) is 12.2. The van der Waals surface area contributed by atoms with Crippen molar-refractivity contribution in [3.05, 3.63) is 29.3 Å². The van der Waals surface area contributed by atoms with E-state index in [0.29, 0.717) is 24.0 Å². The van der Waals surface area contributed by atoms with Crippen LogP contribution in [0.2, 0.25) is 0 Å². The van der Waals surface area contributed by atoms with Gasteiger partial charge < -0.3 is 14.8 Å². The number of nitrogens with one attached hydrogen (secondary N) is 1. The Bertz CT molecular complexity index is 482. The zero-order valence-corrected chi connectivity index (χ0v) is 12.2. The van der Waals surface area contributed by atoms with E-state index in [1.165, 1.54) is 19.3 Å². The highest BCUT2D eigenvalue weighted by atomic mass is 16.5. The Labute approximate surface area is 120 Å². The maximum atomic E-state index is 8.97. The van der Waals surface area contributed by atoms with Crippen LogP contribution in [-0.4, -0.2) is 26.3 Å². The Kier molecular flexibility index (Phi) is 5.40. The van der Waals surface area contributed by atoms with E-state index >= 15 is 0 Å². The van der Waals surface area contributed by atoms with Crippen LogP contribution < -0.4 is 10.1 Å². The van der Waals surface area contributed by atoms with Gasteiger partial charge in [-0.05, 0) is 37.6 Å². The fraction of sp³-hybridized carbons (Fsp3) is 0.562. The average molecular weight is 274 g/mol. The minimum Gasteiger partial charge on any atom is -0.495 e. The van der Waals surface area contributed by atoms with Gasteiger partial charge in [0, 0.05) is 6.04 Å². The molecule has 4 nitrogen and oxygen atoms in total. The zero-order chi connectivity index (χ0) is 14.4. The first-order valence-corrected chi connectivity index (χ1v) is 7.14. The van der Waals surface area contributed by atoms with Gasteiger partial charge in [0.25, 0.3) is 0 Å². The van der Waals surface area contributed by atoms with Crippen LogP contribution >= 0.6 is 0 Å². The van der Waals surface area contributed by atoms with Gasteiger partial charge in [-0.3, -0.25) is 0 Å². The summed E-state index contributed by atoms with van der Waals surface area (Å²) >= 11 is 0. The number of likely N-dealkylation sites (N-methyl/N-ethyl adjacent to an activating group) is 1. The smallest absolute Gasteiger partial charge is 0.136 e. The van der Waals surface area contributed by atoms with Gasteiger partial charge in [-0.15, -0.1) is 0 Å². The molecule has 0 bridgehead atoms. The van der Waals surface area contributed by atoms with Crippen LogP contribution in [0.4, 0.5) is 0 Å². The molecule has 2 unspecified atom stereocenters. The maximum Gasteiger partial charge on any atom is 0.136 e. The molecule has 1 aliphatic rings. The van der Waals surface area contributed by atoms with Crippen LogP contribution in [0.15, 0.2) is 18.2 Å². The van der Waals surface area contributed by atoms with E-state index in [4.69, 9.17) is 14.7 Å². The summed E-state index contributed by atoms with van der Waals surface area (Å²) in [6, 6.07) is 8.17. The van der Waals surface area contributed by atoms with Crippen molar-refractivity contribution in [2.24, 2.45) is 0 Å². The van der Waals surface area contributed by atoms with Gasteiger partial charge in [-0.25, -0.2) is 0 Å². The van der Waals surface area contributed by atoms with Gasteiger partial charge in [0.05, 0.1) is 25.4 Å². The molecule has 2 rings (SSSR count). The van der Waals surface area contributed by atoms with E-state index in [1.807, 2.05) is 19.2 Å². The summed E-state index contributed by atoms with van der Waals surface area (Å²) in [4.78, 5) is 0. The van der Waals surface area contributed by atoms with Crippen molar-refractivity contribution in [3.63, 3.8) is 0 Å². The molecule has 0 spiro atoms. The minimum absolute atomic E-state index is 0.274. The molecule has 0 amide bonds. The van der Waals surface area contributed by atoms with Crippen molar-refractivity contribution < 1.29 is 9.47 Å². The maximum absolute atomic E-state index is 8.97. The summed E-state index contributed by atoms with van der Waals surface area (Å²) in [5.74, 6) is 0.613. The molecular weight excluding hydrogens is 252 g/mol. The SMILES string of the molecule is CNC1CCCCC1OCc1ccc(C#N)c(OC)c1. The summed E-state index contributed by atoms with van der Waals surface area (Å²) in [6.07, 6.45) is 5.07. The summed E-state index contributed by atoms with van der Waals surface area (Å²) in [7, 11) is 3.58. The summed E-state index contributed by atoms with van der Waals surface area (Å²) in [5, 5.41) is 12.3. The molecule has 0 aliphatic heterocycles. The predicted octanol–water partition coefficient (Wildman–Crippen LogP) is 2.61. The number of hydrogen-bond acceptors (Lipinski definition) is 4. The third-order valence-corrected chi connectivity index (χ3v) is 3.92. The van der Waals surface area contributed by atoms with E-state index in [-0.39, 0.29) is 6.10 Å². The normalized spacial score (nSPS) is 22.2. The van der Waals surface area contributed by atoms with E-state index in [1.54, 1.807) is 13.2 Å². The van der Waals surface area contributed by atoms with Crippen LogP contribution in [0, 0.1) is 11.3 Å². The first-order valence-electron chi connectivity index (χ1n) is 7.14. The molecule has 1 fully saturated rings. The first kappa shape index (κ1) is 14.8. The van der Waals surface area contributed by atoms with Crippen molar-refractivity contribution in [3.8, 4) is 11.8 Å². The van der Waals surface area contributed by atoms with Gasteiger partial charge >= 0.3 is 0 Å². The van der Waals surface area contributed by atoms with Gasteiger partial charge in [-0.1, -0.05) is 18.9 Å². The fourth-order valence-corrected chi connectivity index (χ4v) is 2.75. The topological polar surface area (TPSA) is 54.3 Å². The van der Waals surface area contributed by atoms with Crippen molar-refractivity contribution in [1.82, 2.24) is 5.32 Å². The van der Waals surface area contributed by atoms with Crippen LogP contribution in [0.3, 0.4) is 0 Å². The monoisotopic (exact) mass is 274 g/mol. The lowest BCUT2D eigenvalue weighted by atomic mass is 9.92. The second kappa shape index (κ2) is 7.28. The highest BCUT2D eigenvalue weighted by Gasteiger charge is 2.24. The largest absolute Gasteiger partial charge is 0.495 e. The highest BCUT2D eigenvalue weighted by Crippen LogP contribution is 2.24. The third-order valence-electron chi connectivity index (χ3n) is 3.92.